The molecule has 6 heteroatoms. The molecule has 0 amide bonds. The van der Waals surface area contributed by atoms with Gasteiger partial charge in [0.25, 0.3) is 0 Å². The lowest BCUT2D eigenvalue weighted by molar-refractivity contribution is 0.0532. The number of nitrogens with zero attached hydrogens (tertiary/aromatic N) is 1. The number of rotatable bonds is 5. The summed E-state index contributed by atoms with van der Waals surface area (Å²) >= 11 is 1.28. The average molecular weight is 293 g/mol. The minimum atomic E-state index is -0.355. The minimum absolute atomic E-state index is 0.346. The molecule has 0 aliphatic carbocycles. The highest BCUT2D eigenvalue weighted by Crippen LogP contribution is 2.32. The SMILES string of the molecule is CCOC(=O)c1cnc(-c2cc(OC)cc(OC)c2)s1. The molecule has 2 rings (SSSR count). The topological polar surface area (TPSA) is 57.7 Å². The summed E-state index contributed by atoms with van der Waals surface area (Å²) in [7, 11) is 3.18. The third-order valence-electron chi connectivity index (χ3n) is 2.58. The van der Waals surface area contributed by atoms with Gasteiger partial charge in [0.05, 0.1) is 27.0 Å². The second-order valence-electron chi connectivity index (χ2n) is 3.85. The van der Waals surface area contributed by atoms with Crippen LogP contribution in [0.25, 0.3) is 10.6 Å². The lowest BCUT2D eigenvalue weighted by Crippen LogP contribution is -2.01. The van der Waals surface area contributed by atoms with E-state index in [0.717, 1.165) is 5.56 Å². The smallest absolute Gasteiger partial charge is 0.349 e. The van der Waals surface area contributed by atoms with Crippen molar-refractivity contribution in [1.29, 1.82) is 0 Å². The molecule has 0 bridgehead atoms. The van der Waals surface area contributed by atoms with Crippen LogP contribution < -0.4 is 9.47 Å². The van der Waals surface area contributed by atoms with Crippen molar-refractivity contribution in [1.82, 2.24) is 4.98 Å². The molecule has 0 N–H and O–H groups in total. The molecule has 1 aromatic carbocycles. The number of methoxy groups -OCH3 is 2. The zero-order valence-electron chi connectivity index (χ0n) is 11.5. The lowest BCUT2D eigenvalue weighted by atomic mass is 10.2. The van der Waals surface area contributed by atoms with Crippen LogP contribution in [0.2, 0.25) is 0 Å². The summed E-state index contributed by atoms with van der Waals surface area (Å²) in [5.41, 5.74) is 0.835. The zero-order chi connectivity index (χ0) is 14.5. The van der Waals surface area contributed by atoms with E-state index < -0.39 is 0 Å². The molecule has 5 nitrogen and oxygen atoms in total. The van der Waals surface area contributed by atoms with Crippen molar-refractivity contribution in [2.24, 2.45) is 0 Å². The Bertz CT molecular complexity index is 587. The highest BCUT2D eigenvalue weighted by molar-refractivity contribution is 7.16. The van der Waals surface area contributed by atoms with Gasteiger partial charge in [-0.25, -0.2) is 9.78 Å². The fourth-order valence-corrected chi connectivity index (χ4v) is 2.43. The Morgan fingerprint density at radius 3 is 2.40 bits per heavy atom. The van der Waals surface area contributed by atoms with E-state index in [9.17, 15) is 4.79 Å². The minimum Gasteiger partial charge on any atom is -0.497 e. The van der Waals surface area contributed by atoms with Crippen molar-refractivity contribution < 1.29 is 19.0 Å². The van der Waals surface area contributed by atoms with Crippen LogP contribution in [0.3, 0.4) is 0 Å². The van der Waals surface area contributed by atoms with Gasteiger partial charge in [0.2, 0.25) is 0 Å². The zero-order valence-corrected chi connectivity index (χ0v) is 12.3. The number of benzene rings is 1. The van der Waals surface area contributed by atoms with Crippen LogP contribution in [0.15, 0.2) is 24.4 Å². The third kappa shape index (κ3) is 3.08. The van der Waals surface area contributed by atoms with Crippen molar-refractivity contribution in [2.45, 2.75) is 6.92 Å². The molecule has 1 aromatic heterocycles. The maximum absolute atomic E-state index is 11.6. The molecule has 0 radical (unpaired) electrons. The van der Waals surface area contributed by atoms with E-state index in [4.69, 9.17) is 14.2 Å². The molecule has 1 heterocycles. The van der Waals surface area contributed by atoms with Gasteiger partial charge in [-0.15, -0.1) is 11.3 Å². The summed E-state index contributed by atoms with van der Waals surface area (Å²) in [5.74, 6) is 0.991. The normalized spacial score (nSPS) is 10.2. The van der Waals surface area contributed by atoms with Crippen molar-refractivity contribution in [3.63, 3.8) is 0 Å². The van der Waals surface area contributed by atoms with Crippen molar-refractivity contribution in [3.05, 3.63) is 29.3 Å². The second kappa shape index (κ2) is 6.38. The van der Waals surface area contributed by atoms with Gasteiger partial charge in [-0.05, 0) is 19.1 Å². The number of carbonyl (C=O) groups is 1. The maximum atomic E-state index is 11.6. The molecule has 0 saturated carbocycles. The number of aromatic nitrogens is 1. The van der Waals surface area contributed by atoms with Gasteiger partial charge in [-0.3, -0.25) is 0 Å². The monoisotopic (exact) mass is 293 g/mol. The van der Waals surface area contributed by atoms with Gasteiger partial charge in [0.15, 0.2) is 0 Å². The maximum Gasteiger partial charge on any atom is 0.349 e. The van der Waals surface area contributed by atoms with Crippen molar-refractivity contribution >= 4 is 17.3 Å². The van der Waals surface area contributed by atoms with Gasteiger partial charge in [-0.1, -0.05) is 0 Å². The molecule has 0 fully saturated rings. The van der Waals surface area contributed by atoms with Crippen molar-refractivity contribution in [2.75, 3.05) is 20.8 Å². The Morgan fingerprint density at radius 1 is 1.20 bits per heavy atom. The van der Waals surface area contributed by atoms with Crippen LogP contribution in [0, 0.1) is 0 Å². The summed E-state index contributed by atoms with van der Waals surface area (Å²) in [5, 5.41) is 0.713. The van der Waals surface area contributed by atoms with Crippen LogP contribution >= 0.6 is 11.3 Å². The Morgan fingerprint density at radius 2 is 1.85 bits per heavy atom. The quantitative estimate of drug-likeness (QED) is 0.793. The van der Waals surface area contributed by atoms with Gasteiger partial charge < -0.3 is 14.2 Å². The van der Waals surface area contributed by atoms with E-state index in [2.05, 4.69) is 4.98 Å². The lowest BCUT2D eigenvalue weighted by Gasteiger charge is -2.06. The summed E-state index contributed by atoms with van der Waals surface area (Å²) in [6.45, 7) is 2.12. The third-order valence-corrected chi connectivity index (χ3v) is 3.61. The van der Waals surface area contributed by atoms with Gasteiger partial charge in [0, 0.05) is 11.6 Å². The molecular weight excluding hydrogens is 278 g/mol. The van der Waals surface area contributed by atoms with Crippen LogP contribution in [-0.4, -0.2) is 31.8 Å². The molecule has 0 saturated heterocycles. The van der Waals surface area contributed by atoms with E-state index in [0.29, 0.717) is 28.0 Å². The number of hydrogen-bond donors (Lipinski definition) is 0. The average Bonchev–Trinajstić information content (AvgIpc) is 2.97. The predicted octanol–water partition coefficient (Wildman–Crippen LogP) is 3.00. The molecule has 0 spiro atoms. The Balaban J connectivity index is 2.34. The standard InChI is InChI=1S/C14H15NO4S/c1-4-19-14(16)12-8-15-13(20-12)9-5-10(17-2)7-11(6-9)18-3/h5-8H,4H2,1-3H3. The first-order valence-corrected chi connectivity index (χ1v) is 6.86. The fourth-order valence-electron chi connectivity index (χ4n) is 1.64. The predicted molar refractivity (Wildman–Crippen MR) is 76.6 cm³/mol. The molecule has 0 aliphatic rings. The Labute approximate surface area is 121 Å². The highest BCUT2D eigenvalue weighted by Gasteiger charge is 2.13. The molecular formula is C14H15NO4S. The second-order valence-corrected chi connectivity index (χ2v) is 4.88. The van der Waals surface area contributed by atoms with Crippen LogP contribution in [0.4, 0.5) is 0 Å². The number of carbonyl (C=O) groups excluding carboxylic acids is 1. The summed E-state index contributed by atoms with van der Waals surface area (Å²) in [4.78, 5) is 16.4. The van der Waals surface area contributed by atoms with E-state index in [-0.39, 0.29) is 5.97 Å². The number of thiazole rings is 1. The highest BCUT2D eigenvalue weighted by atomic mass is 32.1. The molecule has 106 valence electrons. The van der Waals surface area contributed by atoms with Gasteiger partial charge in [-0.2, -0.15) is 0 Å². The van der Waals surface area contributed by atoms with E-state index in [1.807, 2.05) is 12.1 Å². The number of esters is 1. The van der Waals surface area contributed by atoms with E-state index >= 15 is 0 Å². The Kier molecular flexibility index (Phi) is 4.57. The molecule has 20 heavy (non-hydrogen) atoms. The van der Waals surface area contributed by atoms with Crippen LogP contribution in [0.1, 0.15) is 16.6 Å². The van der Waals surface area contributed by atoms with Crippen LogP contribution in [-0.2, 0) is 4.74 Å². The molecule has 0 atom stereocenters. The molecule has 0 aliphatic heterocycles. The number of hydrogen-bond acceptors (Lipinski definition) is 6. The van der Waals surface area contributed by atoms with Crippen LogP contribution in [0.5, 0.6) is 11.5 Å². The Hall–Kier alpha value is -2.08. The van der Waals surface area contributed by atoms with Gasteiger partial charge >= 0.3 is 5.97 Å². The van der Waals surface area contributed by atoms with Crippen molar-refractivity contribution in [3.8, 4) is 22.1 Å². The summed E-state index contributed by atoms with van der Waals surface area (Å²) < 4.78 is 15.4. The number of ether oxygens (including phenoxy) is 3. The van der Waals surface area contributed by atoms with Gasteiger partial charge in [0.1, 0.15) is 21.4 Å². The summed E-state index contributed by atoms with van der Waals surface area (Å²) in [6.07, 6.45) is 1.52. The fraction of sp³-hybridized carbons (Fsp3) is 0.286. The first-order chi connectivity index (χ1) is 9.67. The van der Waals surface area contributed by atoms with E-state index in [1.165, 1.54) is 17.5 Å². The summed E-state index contributed by atoms with van der Waals surface area (Å²) in [6, 6.07) is 5.47. The largest absolute Gasteiger partial charge is 0.497 e. The first kappa shape index (κ1) is 14.3. The molecule has 0 unspecified atom stereocenters. The van der Waals surface area contributed by atoms with E-state index in [1.54, 1.807) is 27.2 Å². The first-order valence-electron chi connectivity index (χ1n) is 6.04. The molecule has 2 aromatic rings.